The maximum absolute atomic E-state index is 12.7. The summed E-state index contributed by atoms with van der Waals surface area (Å²) in [6, 6.07) is 12.6. The van der Waals surface area contributed by atoms with Crippen molar-refractivity contribution in [1.82, 2.24) is 0 Å². The lowest BCUT2D eigenvalue weighted by Crippen LogP contribution is -2.09. The first-order chi connectivity index (χ1) is 9.15. The van der Waals surface area contributed by atoms with Gasteiger partial charge < -0.3 is 4.74 Å². The van der Waals surface area contributed by atoms with Crippen molar-refractivity contribution in [3.63, 3.8) is 0 Å². The third-order valence-electron chi connectivity index (χ3n) is 2.58. The van der Waals surface area contributed by atoms with E-state index in [-0.39, 0.29) is 18.2 Å². The predicted octanol–water partition coefficient (Wildman–Crippen LogP) is 3.88. The van der Waals surface area contributed by atoms with Crippen molar-refractivity contribution in [3.05, 3.63) is 70.5 Å². The van der Waals surface area contributed by atoms with E-state index in [9.17, 15) is 9.18 Å². The molecule has 0 aromatic heterocycles. The molecule has 4 heteroatoms. The molecule has 0 aliphatic carbocycles. The Balaban J connectivity index is 1.84. The maximum Gasteiger partial charge on any atom is 0.188 e. The van der Waals surface area contributed by atoms with Crippen LogP contribution >= 0.6 is 11.6 Å². The van der Waals surface area contributed by atoms with Crippen molar-refractivity contribution in [1.29, 1.82) is 0 Å². The van der Waals surface area contributed by atoms with Gasteiger partial charge in [-0.1, -0.05) is 23.7 Å². The first-order valence-corrected chi connectivity index (χ1v) is 6.14. The van der Waals surface area contributed by atoms with Crippen LogP contribution < -0.4 is 0 Å². The van der Waals surface area contributed by atoms with Gasteiger partial charge >= 0.3 is 0 Å². The van der Waals surface area contributed by atoms with Gasteiger partial charge in [0, 0.05) is 10.6 Å². The molecule has 2 nitrogen and oxygen atoms in total. The lowest BCUT2D eigenvalue weighted by Gasteiger charge is -2.04. The smallest absolute Gasteiger partial charge is 0.188 e. The first-order valence-electron chi connectivity index (χ1n) is 5.76. The number of hydrogen-bond donors (Lipinski definition) is 0. The highest BCUT2D eigenvalue weighted by molar-refractivity contribution is 6.30. The van der Waals surface area contributed by atoms with Crippen LogP contribution in [-0.2, 0) is 11.3 Å². The highest BCUT2D eigenvalue weighted by Crippen LogP contribution is 2.10. The van der Waals surface area contributed by atoms with E-state index < -0.39 is 0 Å². The van der Waals surface area contributed by atoms with E-state index in [4.69, 9.17) is 16.3 Å². The van der Waals surface area contributed by atoms with Crippen molar-refractivity contribution in [2.75, 3.05) is 6.61 Å². The fourth-order valence-electron chi connectivity index (χ4n) is 1.56. The maximum atomic E-state index is 12.7. The summed E-state index contributed by atoms with van der Waals surface area (Å²) in [6.07, 6.45) is 0. The second-order valence-corrected chi connectivity index (χ2v) is 4.49. The quantitative estimate of drug-likeness (QED) is 0.776. The summed E-state index contributed by atoms with van der Waals surface area (Å²) in [5.74, 6) is -0.535. The van der Waals surface area contributed by atoms with Crippen LogP contribution in [-0.4, -0.2) is 12.4 Å². The molecule has 0 bridgehead atoms. The van der Waals surface area contributed by atoms with Crippen molar-refractivity contribution in [2.24, 2.45) is 0 Å². The number of hydrogen-bond acceptors (Lipinski definition) is 2. The number of ketones is 1. The molecule has 0 fully saturated rings. The molecule has 0 atom stereocenters. The van der Waals surface area contributed by atoms with Gasteiger partial charge in [-0.05, 0) is 42.0 Å². The zero-order valence-corrected chi connectivity index (χ0v) is 10.9. The molecule has 2 rings (SSSR count). The molecule has 0 saturated carbocycles. The summed E-state index contributed by atoms with van der Waals surface area (Å²) in [5.41, 5.74) is 1.38. The second kappa shape index (κ2) is 6.45. The zero-order chi connectivity index (χ0) is 13.7. The molecule has 0 spiro atoms. The van der Waals surface area contributed by atoms with Gasteiger partial charge in [-0.3, -0.25) is 4.79 Å². The van der Waals surface area contributed by atoms with Crippen molar-refractivity contribution in [2.45, 2.75) is 6.61 Å². The van der Waals surface area contributed by atoms with Crippen molar-refractivity contribution < 1.29 is 13.9 Å². The molecule has 2 aromatic rings. The Kier molecular flexibility index (Phi) is 4.66. The van der Waals surface area contributed by atoms with Crippen LogP contribution in [0.2, 0.25) is 5.02 Å². The number of Topliss-reactive ketones (excluding diaryl/α,β-unsaturated/α-hetero) is 1. The molecular weight excluding hydrogens is 267 g/mol. The Bertz CT molecular complexity index is 549. The van der Waals surface area contributed by atoms with Crippen LogP contribution in [0.15, 0.2) is 48.5 Å². The first kappa shape index (κ1) is 13.7. The van der Waals surface area contributed by atoms with E-state index in [0.717, 1.165) is 5.56 Å². The minimum atomic E-state index is -0.362. The average molecular weight is 279 g/mol. The van der Waals surface area contributed by atoms with Crippen LogP contribution in [0.1, 0.15) is 15.9 Å². The van der Waals surface area contributed by atoms with Gasteiger partial charge in [-0.15, -0.1) is 0 Å². The summed E-state index contributed by atoms with van der Waals surface area (Å²) >= 11 is 5.76. The lowest BCUT2D eigenvalue weighted by atomic mass is 10.1. The summed E-state index contributed by atoms with van der Waals surface area (Å²) < 4.78 is 18.0. The fourth-order valence-corrected chi connectivity index (χ4v) is 1.69. The van der Waals surface area contributed by atoms with Gasteiger partial charge in [-0.25, -0.2) is 4.39 Å². The number of ether oxygens (including phenoxy) is 1. The minimum Gasteiger partial charge on any atom is -0.369 e. The van der Waals surface area contributed by atoms with Crippen LogP contribution in [0.25, 0.3) is 0 Å². The van der Waals surface area contributed by atoms with E-state index in [0.29, 0.717) is 17.2 Å². The third kappa shape index (κ3) is 4.16. The molecule has 0 radical (unpaired) electrons. The van der Waals surface area contributed by atoms with Crippen LogP contribution in [0.5, 0.6) is 0 Å². The minimum absolute atomic E-state index is 0.0335. The SMILES string of the molecule is O=C(COCc1ccc(Cl)cc1)c1ccc(F)cc1. The van der Waals surface area contributed by atoms with Gasteiger partial charge in [0.25, 0.3) is 0 Å². The zero-order valence-electron chi connectivity index (χ0n) is 10.1. The highest BCUT2D eigenvalue weighted by Gasteiger charge is 2.06. The van der Waals surface area contributed by atoms with E-state index in [2.05, 4.69) is 0 Å². The van der Waals surface area contributed by atoms with Crippen molar-refractivity contribution >= 4 is 17.4 Å². The number of carbonyl (C=O) groups is 1. The molecule has 0 saturated heterocycles. The van der Waals surface area contributed by atoms with Crippen LogP contribution in [0, 0.1) is 5.82 Å². The topological polar surface area (TPSA) is 26.3 Å². The van der Waals surface area contributed by atoms with Crippen LogP contribution in [0.3, 0.4) is 0 Å². The van der Waals surface area contributed by atoms with E-state index in [1.165, 1.54) is 24.3 Å². The largest absolute Gasteiger partial charge is 0.369 e. The molecule has 0 N–H and O–H groups in total. The molecular formula is C15H12ClFO2. The van der Waals surface area contributed by atoms with E-state index in [1.54, 1.807) is 12.1 Å². The summed E-state index contributed by atoms with van der Waals surface area (Å²) in [5, 5.41) is 0.658. The number of rotatable bonds is 5. The molecule has 98 valence electrons. The summed E-state index contributed by atoms with van der Waals surface area (Å²) in [6.45, 7) is 0.304. The molecule has 0 amide bonds. The fraction of sp³-hybridized carbons (Fsp3) is 0.133. The predicted molar refractivity (Wildman–Crippen MR) is 71.8 cm³/mol. The van der Waals surface area contributed by atoms with E-state index >= 15 is 0 Å². The van der Waals surface area contributed by atoms with Gasteiger partial charge in [0.05, 0.1) is 6.61 Å². The third-order valence-corrected chi connectivity index (χ3v) is 2.83. The molecule has 19 heavy (non-hydrogen) atoms. The summed E-state index contributed by atoms with van der Waals surface area (Å²) in [7, 11) is 0. The van der Waals surface area contributed by atoms with E-state index in [1.807, 2.05) is 12.1 Å². The summed E-state index contributed by atoms with van der Waals surface area (Å²) in [4.78, 5) is 11.7. The monoisotopic (exact) mass is 278 g/mol. The Morgan fingerprint density at radius 1 is 1.05 bits per heavy atom. The molecule has 0 aliphatic rings. The number of carbonyl (C=O) groups excluding carboxylic acids is 1. The van der Waals surface area contributed by atoms with Gasteiger partial charge in [-0.2, -0.15) is 0 Å². The Morgan fingerprint density at radius 2 is 1.68 bits per heavy atom. The highest BCUT2D eigenvalue weighted by atomic mass is 35.5. The Labute approximate surface area is 115 Å². The number of benzene rings is 2. The second-order valence-electron chi connectivity index (χ2n) is 4.05. The standard InChI is InChI=1S/C15H12ClFO2/c16-13-5-1-11(2-6-13)9-19-10-15(18)12-3-7-14(17)8-4-12/h1-8H,9-10H2. The van der Waals surface area contributed by atoms with Gasteiger partial charge in [0.2, 0.25) is 0 Å². The van der Waals surface area contributed by atoms with Crippen molar-refractivity contribution in [3.8, 4) is 0 Å². The Morgan fingerprint density at radius 3 is 2.32 bits per heavy atom. The van der Waals surface area contributed by atoms with Crippen LogP contribution in [0.4, 0.5) is 4.39 Å². The molecule has 0 aliphatic heterocycles. The number of halogens is 2. The van der Waals surface area contributed by atoms with Gasteiger partial charge in [0.1, 0.15) is 12.4 Å². The Hall–Kier alpha value is -1.71. The molecule has 2 aromatic carbocycles. The normalized spacial score (nSPS) is 10.4. The molecule has 0 unspecified atom stereocenters. The molecule has 0 heterocycles. The lowest BCUT2D eigenvalue weighted by molar-refractivity contribution is 0.0726. The average Bonchev–Trinajstić information content (AvgIpc) is 2.41. The van der Waals surface area contributed by atoms with Gasteiger partial charge in [0.15, 0.2) is 5.78 Å².